The van der Waals surface area contributed by atoms with Crippen molar-refractivity contribution in [2.75, 3.05) is 0 Å². The van der Waals surface area contributed by atoms with Gasteiger partial charge in [0.25, 0.3) is 0 Å². The van der Waals surface area contributed by atoms with Gasteiger partial charge in [0.2, 0.25) is 8.38 Å². The first kappa shape index (κ1) is 7.61. The average Bonchev–Trinajstić information content (AvgIpc) is 1.88. The lowest BCUT2D eigenvalue weighted by molar-refractivity contribution is 0.494. The minimum absolute atomic E-state index is 0.0301. The maximum absolute atomic E-state index is 12.5. The van der Waals surface area contributed by atoms with Crippen LogP contribution in [0.3, 0.4) is 0 Å². The number of hydrogen-bond donors (Lipinski definition) is 2. The lowest BCUT2D eigenvalue weighted by Crippen LogP contribution is -2.04. The molecule has 2 nitrogen and oxygen atoms in total. The highest BCUT2D eigenvalue weighted by Gasteiger charge is 2.07. The maximum atomic E-state index is 12.5. The summed E-state index contributed by atoms with van der Waals surface area (Å²) in [5, 5.41) is -0.0301. The van der Waals surface area contributed by atoms with E-state index in [9.17, 15) is 4.39 Å². The summed E-state index contributed by atoms with van der Waals surface area (Å²) in [6.45, 7) is 0. The molecule has 1 aromatic rings. The molecule has 0 bridgehead atoms. The summed E-state index contributed by atoms with van der Waals surface area (Å²) < 4.78 is 12.5. The number of rotatable bonds is 1. The van der Waals surface area contributed by atoms with Gasteiger partial charge in [-0.05, 0) is 12.1 Å². The number of hydrogen-bond acceptors (Lipinski definition) is 2. The first-order valence-corrected chi connectivity index (χ1v) is 3.89. The molecular formula is C6H6FO2P. The van der Waals surface area contributed by atoms with Gasteiger partial charge < -0.3 is 9.79 Å². The molecule has 0 aliphatic carbocycles. The first-order valence-electron chi connectivity index (χ1n) is 2.64. The van der Waals surface area contributed by atoms with Gasteiger partial charge in [-0.2, -0.15) is 0 Å². The Morgan fingerprint density at radius 3 is 2.20 bits per heavy atom. The van der Waals surface area contributed by atoms with Crippen LogP contribution < -0.4 is 5.30 Å². The molecule has 0 radical (unpaired) electrons. The van der Waals surface area contributed by atoms with Crippen molar-refractivity contribution >= 4 is 13.7 Å². The van der Waals surface area contributed by atoms with Crippen LogP contribution in [0.1, 0.15) is 0 Å². The molecule has 54 valence electrons. The molecule has 0 heterocycles. The summed E-state index contributed by atoms with van der Waals surface area (Å²) in [6, 6.07) is 5.59. The molecule has 0 saturated heterocycles. The second-order valence-electron chi connectivity index (χ2n) is 1.74. The molecule has 4 heteroatoms. The normalized spacial score (nSPS) is 10.4. The fraction of sp³-hybridized carbons (Fsp3) is 0. The van der Waals surface area contributed by atoms with Crippen molar-refractivity contribution in [3.05, 3.63) is 30.1 Å². The van der Waals surface area contributed by atoms with Crippen molar-refractivity contribution in [1.82, 2.24) is 0 Å². The van der Waals surface area contributed by atoms with Crippen LogP contribution in [0.2, 0.25) is 0 Å². The highest BCUT2D eigenvalue weighted by atomic mass is 31.2. The Hall–Kier alpha value is -0.500. The Labute approximate surface area is 58.9 Å². The molecule has 1 rings (SSSR count). The second kappa shape index (κ2) is 3.06. The molecule has 0 amide bonds. The molecule has 0 fully saturated rings. The number of halogens is 1. The molecule has 1 aromatic carbocycles. The molecule has 2 N–H and O–H groups in total. The Morgan fingerprint density at radius 2 is 1.80 bits per heavy atom. The average molecular weight is 160 g/mol. The van der Waals surface area contributed by atoms with Crippen molar-refractivity contribution < 1.29 is 14.2 Å². The fourth-order valence-corrected chi connectivity index (χ4v) is 1.10. The summed E-state index contributed by atoms with van der Waals surface area (Å²) in [6.07, 6.45) is 0. The molecule has 0 aliphatic heterocycles. The SMILES string of the molecule is OP(O)c1ccccc1F. The van der Waals surface area contributed by atoms with Crippen LogP contribution in [-0.4, -0.2) is 9.79 Å². The van der Waals surface area contributed by atoms with Crippen LogP contribution >= 0.6 is 8.38 Å². The minimum Gasteiger partial charge on any atom is -0.347 e. The number of benzene rings is 1. The van der Waals surface area contributed by atoms with E-state index < -0.39 is 14.2 Å². The first-order chi connectivity index (χ1) is 4.72. The van der Waals surface area contributed by atoms with Gasteiger partial charge in [-0.25, -0.2) is 4.39 Å². The summed E-state index contributed by atoms with van der Waals surface area (Å²) in [4.78, 5) is 17.2. The minimum atomic E-state index is -2.29. The molecule has 0 aliphatic rings. The predicted molar refractivity (Wildman–Crippen MR) is 37.4 cm³/mol. The topological polar surface area (TPSA) is 40.5 Å². The van der Waals surface area contributed by atoms with Gasteiger partial charge in [0.05, 0.1) is 5.30 Å². The smallest absolute Gasteiger partial charge is 0.202 e. The quantitative estimate of drug-likeness (QED) is 0.595. The third-order valence-electron chi connectivity index (χ3n) is 1.07. The van der Waals surface area contributed by atoms with Crippen molar-refractivity contribution in [3.8, 4) is 0 Å². The predicted octanol–water partition coefficient (Wildman–Crippen LogP) is 0.747. The third kappa shape index (κ3) is 1.51. The Kier molecular flexibility index (Phi) is 2.33. The van der Waals surface area contributed by atoms with Gasteiger partial charge in [0.15, 0.2) is 0 Å². The van der Waals surface area contributed by atoms with E-state index in [-0.39, 0.29) is 5.30 Å². The van der Waals surface area contributed by atoms with E-state index >= 15 is 0 Å². The molecule has 0 aromatic heterocycles. The van der Waals surface area contributed by atoms with Gasteiger partial charge >= 0.3 is 0 Å². The molecule has 0 spiro atoms. The largest absolute Gasteiger partial charge is 0.347 e. The standard InChI is InChI=1S/C6H6FO2P/c7-5-3-1-2-4-6(5)10(8)9/h1-4,8-9H. The molecule has 10 heavy (non-hydrogen) atoms. The van der Waals surface area contributed by atoms with E-state index in [1.165, 1.54) is 18.2 Å². The highest BCUT2D eigenvalue weighted by molar-refractivity contribution is 7.54. The Morgan fingerprint density at radius 1 is 1.20 bits per heavy atom. The molecular weight excluding hydrogens is 154 g/mol. The second-order valence-corrected chi connectivity index (χ2v) is 2.80. The van der Waals surface area contributed by atoms with Crippen molar-refractivity contribution in [2.24, 2.45) is 0 Å². The lowest BCUT2D eigenvalue weighted by atomic mass is 10.3. The zero-order valence-electron chi connectivity index (χ0n) is 5.03. The van der Waals surface area contributed by atoms with E-state index in [1.807, 2.05) is 0 Å². The van der Waals surface area contributed by atoms with Gasteiger partial charge in [-0.15, -0.1) is 0 Å². The Bertz CT molecular complexity index is 227. The zero-order valence-corrected chi connectivity index (χ0v) is 5.92. The van der Waals surface area contributed by atoms with E-state index in [4.69, 9.17) is 9.79 Å². The third-order valence-corrected chi connectivity index (χ3v) is 1.86. The van der Waals surface area contributed by atoms with Crippen LogP contribution in [0.5, 0.6) is 0 Å². The van der Waals surface area contributed by atoms with Gasteiger partial charge in [-0.1, -0.05) is 12.1 Å². The fourth-order valence-electron chi connectivity index (χ4n) is 0.614. The summed E-state index contributed by atoms with van der Waals surface area (Å²) in [5.74, 6) is -0.571. The zero-order chi connectivity index (χ0) is 7.56. The van der Waals surface area contributed by atoms with Crippen molar-refractivity contribution in [2.45, 2.75) is 0 Å². The highest BCUT2D eigenvalue weighted by Crippen LogP contribution is 2.22. The molecule has 0 unspecified atom stereocenters. The monoisotopic (exact) mass is 160 g/mol. The van der Waals surface area contributed by atoms with E-state index in [2.05, 4.69) is 0 Å². The van der Waals surface area contributed by atoms with Crippen LogP contribution in [0.25, 0.3) is 0 Å². The van der Waals surface area contributed by atoms with Gasteiger partial charge in [0.1, 0.15) is 5.82 Å². The van der Waals surface area contributed by atoms with Gasteiger partial charge in [-0.3, -0.25) is 0 Å². The van der Waals surface area contributed by atoms with E-state index in [0.717, 1.165) is 0 Å². The maximum Gasteiger partial charge on any atom is 0.202 e. The van der Waals surface area contributed by atoms with Crippen LogP contribution in [0, 0.1) is 5.82 Å². The van der Waals surface area contributed by atoms with Crippen LogP contribution in [0.15, 0.2) is 24.3 Å². The summed E-state index contributed by atoms with van der Waals surface area (Å²) in [7, 11) is -2.29. The van der Waals surface area contributed by atoms with Crippen molar-refractivity contribution in [3.63, 3.8) is 0 Å². The van der Waals surface area contributed by atoms with E-state index in [1.54, 1.807) is 6.07 Å². The Balaban J connectivity index is 3.03. The van der Waals surface area contributed by atoms with Gasteiger partial charge in [0, 0.05) is 0 Å². The van der Waals surface area contributed by atoms with Crippen molar-refractivity contribution in [1.29, 1.82) is 0 Å². The molecule has 0 saturated carbocycles. The van der Waals surface area contributed by atoms with E-state index in [0.29, 0.717) is 0 Å². The summed E-state index contributed by atoms with van der Waals surface area (Å²) in [5.41, 5.74) is 0. The van der Waals surface area contributed by atoms with Crippen LogP contribution in [0.4, 0.5) is 4.39 Å². The van der Waals surface area contributed by atoms with Crippen LogP contribution in [-0.2, 0) is 0 Å². The molecule has 0 atom stereocenters. The summed E-state index contributed by atoms with van der Waals surface area (Å²) >= 11 is 0. The lowest BCUT2D eigenvalue weighted by Gasteiger charge is -2.01.